The van der Waals surface area contributed by atoms with E-state index in [9.17, 15) is 4.79 Å². The molecular formula is C19H28N6O. The lowest BCUT2D eigenvalue weighted by Gasteiger charge is -2.34. The Morgan fingerprint density at radius 1 is 1.31 bits per heavy atom. The molecule has 1 aromatic carbocycles. The normalized spacial score (nSPS) is 16.5. The summed E-state index contributed by atoms with van der Waals surface area (Å²) >= 11 is 0. The summed E-state index contributed by atoms with van der Waals surface area (Å²) in [6.07, 6.45) is 4.67. The standard InChI is InChI=1S/C19H28N6O/c1-2-18(21-16-6-4-3-5-7-16)19(26)24-10-8-15(9-11-24)13-25-14-17(12-20)22-23-25/h3-7,14-15,18,21H,2,8-13,20H2,1H3. The van der Waals surface area contributed by atoms with Crippen LogP contribution in [-0.2, 0) is 17.9 Å². The molecule has 0 bridgehead atoms. The lowest BCUT2D eigenvalue weighted by Crippen LogP contribution is -2.46. The van der Waals surface area contributed by atoms with Crippen molar-refractivity contribution in [3.8, 4) is 0 Å². The van der Waals surface area contributed by atoms with Crippen molar-refractivity contribution in [3.05, 3.63) is 42.2 Å². The van der Waals surface area contributed by atoms with E-state index >= 15 is 0 Å². The fraction of sp³-hybridized carbons (Fsp3) is 0.526. The third-order valence-electron chi connectivity index (χ3n) is 4.99. The lowest BCUT2D eigenvalue weighted by atomic mass is 9.96. The van der Waals surface area contributed by atoms with Gasteiger partial charge in [0, 0.05) is 38.1 Å². The average molecular weight is 356 g/mol. The monoisotopic (exact) mass is 356 g/mol. The van der Waals surface area contributed by atoms with Crippen LogP contribution in [0.4, 0.5) is 5.69 Å². The molecule has 1 saturated heterocycles. The zero-order valence-corrected chi connectivity index (χ0v) is 15.3. The van der Waals surface area contributed by atoms with Crippen molar-refractivity contribution in [1.29, 1.82) is 0 Å². The molecule has 3 rings (SSSR count). The van der Waals surface area contributed by atoms with Gasteiger partial charge in [-0.05, 0) is 37.3 Å². The van der Waals surface area contributed by atoms with Gasteiger partial charge in [0.1, 0.15) is 6.04 Å². The Hall–Kier alpha value is -2.41. The van der Waals surface area contributed by atoms with Crippen molar-refractivity contribution >= 4 is 11.6 Å². The van der Waals surface area contributed by atoms with E-state index in [1.54, 1.807) is 0 Å². The average Bonchev–Trinajstić information content (AvgIpc) is 3.14. The number of nitrogens with two attached hydrogens (primary N) is 1. The molecule has 1 atom stereocenters. The van der Waals surface area contributed by atoms with Crippen LogP contribution in [0.1, 0.15) is 31.9 Å². The van der Waals surface area contributed by atoms with Gasteiger partial charge in [-0.25, -0.2) is 0 Å². The van der Waals surface area contributed by atoms with Gasteiger partial charge in [-0.15, -0.1) is 5.10 Å². The van der Waals surface area contributed by atoms with E-state index < -0.39 is 0 Å². The second-order valence-electron chi connectivity index (χ2n) is 6.88. The fourth-order valence-electron chi connectivity index (χ4n) is 3.42. The Bertz CT molecular complexity index is 693. The van der Waals surface area contributed by atoms with E-state index in [1.165, 1.54) is 0 Å². The van der Waals surface area contributed by atoms with Gasteiger partial charge in [0.15, 0.2) is 0 Å². The minimum absolute atomic E-state index is 0.170. The molecule has 2 aromatic rings. The molecule has 1 aliphatic rings. The number of anilines is 1. The van der Waals surface area contributed by atoms with Crippen LogP contribution >= 0.6 is 0 Å². The molecule has 2 heterocycles. The van der Waals surface area contributed by atoms with Gasteiger partial charge >= 0.3 is 0 Å². The van der Waals surface area contributed by atoms with Crippen molar-refractivity contribution < 1.29 is 4.79 Å². The molecule has 1 unspecified atom stereocenters. The number of rotatable bonds is 7. The lowest BCUT2D eigenvalue weighted by molar-refractivity contribution is -0.133. The number of piperidine rings is 1. The van der Waals surface area contributed by atoms with Crippen LogP contribution < -0.4 is 11.1 Å². The van der Waals surface area contributed by atoms with E-state index in [2.05, 4.69) is 15.6 Å². The summed E-state index contributed by atoms with van der Waals surface area (Å²) in [5.74, 6) is 0.717. The highest BCUT2D eigenvalue weighted by atomic mass is 16.2. The maximum absolute atomic E-state index is 12.9. The van der Waals surface area contributed by atoms with Crippen LogP contribution in [0, 0.1) is 5.92 Å². The number of amides is 1. The number of nitrogens with one attached hydrogen (secondary N) is 1. The molecular weight excluding hydrogens is 328 g/mol. The third kappa shape index (κ3) is 4.60. The topological polar surface area (TPSA) is 89.1 Å². The summed E-state index contributed by atoms with van der Waals surface area (Å²) in [6.45, 7) is 4.91. The largest absolute Gasteiger partial charge is 0.374 e. The molecule has 1 fully saturated rings. The Morgan fingerprint density at radius 2 is 2.04 bits per heavy atom. The van der Waals surface area contributed by atoms with E-state index in [1.807, 2.05) is 53.0 Å². The minimum atomic E-state index is -0.170. The van der Waals surface area contributed by atoms with Gasteiger partial charge in [0.05, 0.1) is 5.69 Å². The molecule has 1 amide bonds. The first-order chi connectivity index (χ1) is 12.7. The predicted octanol–water partition coefficient (Wildman–Crippen LogP) is 1.87. The predicted molar refractivity (Wildman–Crippen MR) is 101 cm³/mol. The molecule has 1 aliphatic heterocycles. The van der Waals surface area contributed by atoms with Crippen LogP contribution in [0.15, 0.2) is 36.5 Å². The zero-order chi connectivity index (χ0) is 18.4. The smallest absolute Gasteiger partial charge is 0.245 e. The number of benzene rings is 1. The first-order valence-corrected chi connectivity index (χ1v) is 9.39. The fourth-order valence-corrected chi connectivity index (χ4v) is 3.42. The summed E-state index contributed by atoms with van der Waals surface area (Å²) < 4.78 is 1.87. The minimum Gasteiger partial charge on any atom is -0.374 e. The van der Waals surface area contributed by atoms with Crippen LogP contribution in [0.25, 0.3) is 0 Å². The molecule has 140 valence electrons. The Kier molecular flexibility index (Phi) is 6.22. The van der Waals surface area contributed by atoms with E-state index in [-0.39, 0.29) is 11.9 Å². The maximum Gasteiger partial charge on any atom is 0.245 e. The molecule has 3 N–H and O–H groups in total. The number of hydrogen-bond acceptors (Lipinski definition) is 5. The summed E-state index contributed by atoms with van der Waals surface area (Å²) in [5.41, 5.74) is 7.38. The SMILES string of the molecule is CCC(Nc1ccccc1)C(=O)N1CCC(Cn2cc(CN)nn2)CC1. The van der Waals surface area contributed by atoms with Gasteiger partial charge in [0.25, 0.3) is 0 Å². The zero-order valence-electron chi connectivity index (χ0n) is 15.3. The number of nitrogens with zero attached hydrogens (tertiary/aromatic N) is 4. The highest BCUT2D eigenvalue weighted by Crippen LogP contribution is 2.21. The van der Waals surface area contributed by atoms with Crippen LogP contribution in [0.5, 0.6) is 0 Å². The summed E-state index contributed by atoms with van der Waals surface area (Å²) in [7, 11) is 0. The van der Waals surface area contributed by atoms with Gasteiger partial charge < -0.3 is 16.0 Å². The van der Waals surface area contributed by atoms with E-state index in [0.717, 1.165) is 50.3 Å². The summed E-state index contributed by atoms with van der Waals surface area (Å²) in [4.78, 5) is 14.9. The Labute approximate surface area is 154 Å². The van der Waals surface area contributed by atoms with E-state index in [4.69, 9.17) is 5.73 Å². The highest BCUT2D eigenvalue weighted by Gasteiger charge is 2.27. The molecule has 7 nitrogen and oxygen atoms in total. The Balaban J connectivity index is 1.50. The Morgan fingerprint density at radius 3 is 2.65 bits per heavy atom. The molecule has 26 heavy (non-hydrogen) atoms. The van der Waals surface area contributed by atoms with Crippen molar-refractivity contribution in [2.24, 2.45) is 11.7 Å². The number of para-hydroxylation sites is 1. The summed E-state index contributed by atoms with van der Waals surface area (Å²) in [6, 6.07) is 9.75. The van der Waals surface area contributed by atoms with Gasteiger partial charge in [-0.1, -0.05) is 30.3 Å². The number of aromatic nitrogens is 3. The van der Waals surface area contributed by atoms with Crippen molar-refractivity contribution in [2.75, 3.05) is 18.4 Å². The highest BCUT2D eigenvalue weighted by molar-refractivity contribution is 5.84. The van der Waals surface area contributed by atoms with Crippen molar-refractivity contribution in [2.45, 2.75) is 45.3 Å². The number of carbonyl (C=O) groups is 1. The second-order valence-corrected chi connectivity index (χ2v) is 6.88. The second kappa shape index (κ2) is 8.80. The van der Waals surface area contributed by atoms with Gasteiger partial charge in [-0.2, -0.15) is 0 Å². The van der Waals surface area contributed by atoms with Crippen LogP contribution in [-0.4, -0.2) is 44.9 Å². The number of hydrogen-bond donors (Lipinski definition) is 2. The van der Waals surface area contributed by atoms with Crippen molar-refractivity contribution in [1.82, 2.24) is 19.9 Å². The van der Waals surface area contributed by atoms with Crippen LogP contribution in [0.2, 0.25) is 0 Å². The molecule has 1 aromatic heterocycles. The maximum atomic E-state index is 12.9. The van der Waals surface area contributed by atoms with Crippen molar-refractivity contribution in [3.63, 3.8) is 0 Å². The quantitative estimate of drug-likeness (QED) is 0.790. The first kappa shape index (κ1) is 18.4. The molecule has 0 saturated carbocycles. The summed E-state index contributed by atoms with van der Waals surface area (Å²) in [5, 5.41) is 11.5. The van der Waals surface area contributed by atoms with Crippen LogP contribution in [0.3, 0.4) is 0 Å². The van der Waals surface area contributed by atoms with E-state index in [0.29, 0.717) is 12.5 Å². The molecule has 0 spiro atoms. The molecule has 0 aliphatic carbocycles. The van der Waals surface area contributed by atoms with Gasteiger partial charge in [-0.3, -0.25) is 9.48 Å². The number of carbonyl (C=O) groups excluding carboxylic acids is 1. The number of likely N-dealkylation sites (tertiary alicyclic amines) is 1. The molecule has 7 heteroatoms. The molecule has 0 radical (unpaired) electrons. The van der Waals surface area contributed by atoms with Gasteiger partial charge in [0.2, 0.25) is 5.91 Å². The first-order valence-electron chi connectivity index (χ1n) is 9.39. The third-order valence-corrected chi connectivity index (χ3v) is 4.99.